The molecule has 8 heteroatoms. The highest BCUT2D eigenvalue weighted by Crippen LogP contribution is 2.32. The first kappa shape index (κ1) is 20.5. The van der Waals surface area contributed by atoms with Crippen LogP contribution in [-0.2, 0) is 11.2 Å². The van der Waals surface area contributed by atoms with Crippen molar-refractivity contribution in [3.63, 3.8) is 0 Å². The Hall–Kier alpha value is -4.07. The lowest BCUT2D eigenvalue weighted by molar-refractivity contribution is -0.129. The maximum Gasteiger partial charge on any atom is 0.219 e. The van der Waals surface area contributed by atoms with Crippen molar-refractivity contribution in [3.8, 4) is 11.1 Å². The van der Waals surface area contributed by atoms with Crippen molar-refractivity contribution in [1.29, 1.82) is 0 Å². The number of hydrogen-bond donors (Lipinski definition) is 2. The Balaban J connectivity index is 1.24. The summed E-state index contributed by atoms with van der Waals surface area (Å²) in [6.07, 6.45) is 8.86. The molecule has 172 valence electrons. The zero-order valence-electron chi connectivity index (χ0n) is 19.2. The van der Waals surface area contributed by atoms with Crippen LogP contribution in [0.25, 0.3) is 16.8 Å². The second-order valence-corrected chi connectivity index (χ2v) is 8.87. The molecule has 3 aromatic heterocycles. The van der Waals surface area contributed by atoms with E-state index in [2.05, 4.69) is 62.0 Å². The molecule has 0 unspecified atom stereocenters. The number of hydrogen-bond acceptors (Lipinski definition) is 6. The molecule has 6 rings (SSSR count). The van der Waals surface area contributed by atoms with Gasteiger partial charge in [0.1, 0.15) is 5.82 Å². The van der Waals surface area contributed by atoms with E-state index >= 15 is 0 Å². The topological polar surface area (TPSA) is 77.8 Å². The minimum atomic E-state index is 0.140. The molecule has 2 aliphatic heterocycles. The summed E-state index contributed by atoms with van der Waals surface area (Å²) in [6, 6.07) is 12.8. The smallest absolute Gasteiger partial charge is 0.219 e. The average molecular weight is 454 g/mol. The Kier molecular flexibility index (Phi) is 5.05. The third-order valence-electron chi connectivity index (χ3n) is 6.74. The highest BCUT2D eigenvalue weighted by molar-refractivity contribution is 5.81. The molecule has 1 amide bonds. The first-order valence-electron chi connectivity index (χ1n) is 11.7. The third kappa shape index (κ3) is 3.81. The minimum Gasteiger partial charge on any atom is -0.384 e. The van der Waals surface area contributed by atoms with E-state index in [-0.39, 0.29) is 5.91 Å². The zero-order valence-corrected chi connectivity index (χ0v) is 19.2. The van der Waals surface area contributed by atoms with Gasteiger partial charge in [-0.1, -0.05) is 12.1 Å². The molecule has 0 bridgehead atoms. The van der Waals surface area contributed by atoms with Gasteiger partial charge in [-0.2, -0.15) is 0 Å². The van der Waals surface area contributed by atoms with Gasteiger partial charge in [-0.05, 0) is 41.8 Å². The lowest BCUT2D eigenvalue weighted by Crippen LogP contribution is -2.48. The van der Waals surface area contributed by atoms with Crippen molar-refractivity contribution in [3.05, 3.63) is 66.7 Å². The van der Waals surface area contributed by atoms with Crippen LogP contribution in [0.4, 0.5) is 22.9 Å². The van der Waals surface area contributed by atoms with Gasteiger partial charge in [0.05, 0.1) is 17.6 Å². The van der Waals surface area contributed by atoms with Gasteiger partial charge >= 0.3 is 0 Å². The van der Waals surface area contributed by atoms with E-state index in [1.807, 2.05) is 34.0 Å². The summed E-state index contributed by atoms with van der Waals surface area (Å²) in [5.41, 5.74) is 7.71. The number of fused-ring (bicyclic) bond motifs is 2. The molecule has 1 aromatic carbocycles. The number of benzene rings is 1. The van der Waals surface area contributed by atoms with Gasteiger partial charge in [-0.15, -0.1) is 0 Å². The maximum atomic E-state index is 11.6. The Bertz CT molecular complexity index is 1350. The highest BCUT2D eigenvalue weighted by Gasteiger charge is 2.19. The summed E-state index contributed by atoms with van der Waals surface area (Å²) in [5.74, 6) is 0.907. The van der Waals surface area contributed by atoms with Crippen LogP contribution < -0.4 is 15.5 Å². The molecule has 34 heavy (non-hydrogen) atoms. The first-order valence-corrected chi connectivity index (χ1v) is 11.7. The molecule has 0 spiro atoms. The molecule has 0 radical (unpaired) electrons. The van der Waals surface area contributed by atoms with Gasteiger partial charge < -0.3 is 24.8 Å². The molecule has 5 heterocycles. The van der Waals surface area contributed by atoms with E-state index in [4.69, 9.17) is 0 Å². The monoisotopic (exact) mass is 453 g/mol. The summed E-state index contributed by atoms with van der Waals surface area (Å²) in [7, 11) is 0. The molecular weight excluding hydrogens is 426 g/mol. The van der Waals surface area contributed by atoms with E-state index in [1.54, 1.807) is 6.92 Å². The van der Waals surface area contributed by atoms with Crippen LogP contribution in [-0.4, -0.2) is 57.9 Å². The lowest BCUT2D eigenvalue weighted by atomic mass is 10.0. The van der Waals surface area contributed by atoms with Gasteiger partial charge in [0.25, 0.3) is 0 Å². The number of anilines is 4. The number of carbonyl (C=O) groups excluding carboxylic acids is 1. The fourth-order valence-electron chi connectivity index (χ4n) is 4.82. The molecule has 0 aliphatic carbocycles. The van der Waals surface area contributed by atoms with Crippen LogP contribution >= 0.6 is 0 Å². The Morgan fingerprint density at radius 3 is 2.71 bits per heavy atom. The quantitative estimate of drug-likeness (QED) is 0.490. The number of nitrogens with zero attached hydrogens (tertiary/aromatic N) is 5. The number of pyridine rings is 2. The number of amides is 1. The fourth-order valence-corrected chi connectivity index (χ4v) is 4.82. The van der Waals surface area contributed by atoms with Gasteiger partial charge in [0.2, 0.25) is 5.91 Å². The maximum absolute atomic E-state index is 11.6. The number of piperazine rings is 1. The lowest BCUT2D eigenvalue weighted by Gasteiger charge is -2.35. The largest absolute Gasteiger partial charge is 0.384 e. The molecule has 2 N–H and O–H groups in total. The van der Waals surface area contributed by atoms with Crippen molar-refractivity contribution >= 4 is 34.4 Å². The van der Waals surface area contributed by atoms with E-state index in [1.165, 1.54) is 16.8 Å². The van der Waals surface area contributed by atoms with Crippen molar-refractivity contribution in [1.82, 2.24) is 19.3 Å². The molecule has 2 aliphatic rings. The molecular formula is C26H27N7O. The minimum absolute atomic E-state index is 0.140. The van der Waals surface area contributed by atoms with Crippen molar-refractivity contribution in [2.45, 2.75) is 13.3 Å². The summed E-state index contributed by atoms with van der Waals surface area (Å²) < 4.78 is 2.04. The van der Waals surface area contributed by atoms with Crippen molar-refractivity contribution < 1.29 is 4.79 Å². The van der Waals surface area contributed by atoms with Gasteiger partial charge in [0.15, 0.2) is 5.65 Å². The Morgan fingerprint density at radius 2 is 1.91 bits per heavy atom. The van der Waals surface area contributed by atoms with Crippen LogP contribution in [0.1, 0.15) is 12.5 Å². The van der Waals surface area contributed by atoms with E-state index in [9.17, 15) is 4.79 Å². The van der Waals surface area contributed by atoms with Crippen LogP contribution in [0.5, 0.6) is 0 Å². The number of aromatic nitrogens is 3. The predicted octanol–water partition coefficient (Wildman–Crippen LogP) is 3.78. The second-order valence-electron chi connectivity index (χ2n) is 8.87. The number of carbonyl (C=O) groups is 1. The zero-order chi connectivity index (χ0) is 23.1. The number of nitrogens with one attached hydrogen (secondary N) is 2. The number of imidazole rings is 1. The summed E-state index contributed by atoms with van der Waals surface area (Å²) in [5, 5.41) is 6.94. The van der Waals surface area contributed by atoms with E-state index in [0.29, 0.717) is 0 Å². The summed E-state index contributed by atoms with van der Waals surface area (Å²) in [6.45, 7) is 5.77. The van der Waals surface area contributed by atoms with Gasteiger partial charge in [0, 0.05) is 69.5 Å². The van der Waals surface area contributed by atoms with Crippen molar-refractivity contribution in [2.75, 3.05) is 48.3 Å². The van der Waals surface area contributed by atoms with Crippen LogP contribution in [0.2, 0.25) is 0 Å². The first-order chi connectivity index (χ1) is 16.6. The fraction of sp³-hybridized carbons (Fsp3) is 0.269. The van der Waals surface area contributed by atoms with Crippen LogP contribution in [0.3, 0.4) is 0 Å². The molecule has 8 nitrogen and oxygen atoms in total. The molecule has 0 atom stereocenters. The van der Waals surface area contributed by atoms with E-state index < -0.39 is 0 Å². The summed E-state index contributed by atoms with van der Waals surface area (Å²) >= 11 is 0. The molecule has 0 saturated carbocycles. The SMILES string of the molecule is CC(=O)N1CCN(c2ccc(Nc3cc(-c4ccc5c(c4)NCC5)cn4ccnc34)nc2)CC1. The normalized spacial score (nSPS) is 15.3. The second kappa shape index (κ2) is 8.37. The number of rotatable bonds is 4. The van der Waals surface area contributed by atoms with E-state index in [0.717, 1.165) is 67.5 Å². The molecule has 4 aromatic rings. The third-order valence-corrected chi connectivity index (χ3v) is 6.74. The van der Waals surface area contributed by atoms with Crippen LogP contribution in [0.15, 0.2) is 61.2 Å². The molecule has 1 saturated heterocycles. The van der Waals surface area contributed by atoms with Gasteiger partial charge in [-0.3, -0.25) is 4.79 Å². The average Bonchev–Trinajstić information content (AvgIpc) is 3.53. The highest BCUT2D eigenvalue weighted by atomic mass is 16.2. The van der Waals surface area contributed by atoms with Gasteiger partial charge in [-0.25, -0.2) is 9.97 Å². The Labute approximate surface area is 198 Å². The Morgan fingerprint density at radius 1 is 1.03 bits per heavy atom. The van der Waals surface area contributed by atoms with Crippen LogP contribution in [0, 0.1) is 0 Å². The summed E-state index contributed by atoms with van der Waals surface area (Å²) in [4.78, 5) is 24.9. The van der Waals surface area contributed by atoms with Crippen molar-refractivity contribution in [2.24, 2.45) is 0 Å². The standard InChI is InChI=1S/C26H27N7O/c1-18(34)31-10-12-32(13-11-31)22-4-5-25(29-16-22)30-24-15-21(17-33-9-8-28-26(24)33)20-3-2-19-6-7-27-23(19)14-20/h2-5,8-9,14-17,27H,6-7,10-13H2,1H3,(H,29,30). The molecule has 1 fully saturated rings. The predicted molar refractivity (Wildman–Crippen MR) is 135 cm³/mol.